The van der Waals surface area contributed by atoms with Crippen molar-refractivity contribution in [2.45, 2.75) is 19.3 Å². The van der Waals surface area contributed by atoms with Gasteiger partial charge in [-0.15, -0.1) is 0 Å². The predicted octanol–water partition coefficient (Wildman–Crippen LogP) is 6.33. The van der Waals surface area contributed by atoms with Crippen molar-refractivity contribution in [1.82, 2.24) is 14.8 Å². The SMILES string of the molecule is Cc1nn(-c2nc3ccc(Br)cc3s2)c2c1C(c1ccc(Cl)c(Cl)c1)CC(=O)N2. The van der Waals surface area contributed by atoms with E-state index in [1.54, 1.807) is 10.7 Å². The number of aromatic nitrogens is 3. The first-order chi connectivity index (χ1) is 13.9. The summed E-state index contributed by atoms with van der Waals surface area (Å²) in [5, 5.41) is 9.37. The number of hydrogen-bond donors (Lipinski definition) is 1. The van der Waals surface area contributed by atoms with Crippen molar-refractivity contribution in [1.29, 1.82) is 0 Å². The van der Waals surface area contributed by atoms with Gasteiger partial charge >= 0.3 is 0 Å². The summed E-state index contributed by atoms with van der Waals surface area (Å²) in [4.78, 5) is 17.2. The van der Waals surface area contributed by atoms with Crippen LogP contribution in [0.15, 0.2) is 40.9 Å². The molecule has 0 saturated carbocycles. The smallest absolute Gasteiger partial charge is 0.226 e. The van der Waals surface area contributed by atoms with Gasteiger partial charge in [0.2, 0.25) is 11.0 Å². The van der Waals surface area contributed by atoms with Gasteiger partial charge < -0.3 is 5.32 Å². The van der Waals surface area contributed by atoms with Crippen LogP contribution in [0.5, 0.6) is 0 Å². The molecule has 0 fully saturated rings. The van der Waals surface area contributed by atoms with Gasteiger partial charge in [-0.3, -0.25) is 4.79 Å². The molecule has 5 nitrogen and oxygen atoms in total. The zero-order valence-corrected chi connectivity index (χ0v) is 19.0. The minimum atomic E-state index is -0.147. The number of carbonyl (C=O) groups excluding carboxylic acids is 1. The van der Waals surface area contributed by atoms with Crippen molar-refractivity contribution in [2.75, 3.05) is 5.32 Å². The van der Waals surface area contributed by atoms with E-state index in [-0.39, 0.29) is 11.8 Å². The number of nitrogens with zero attached hydrogens (tertiary/aromatic N) is 3. The summed E-state index contributed by atoms with van der Waals surface area (Å²) < 4.78 is 3.76. The third kappa shape index (κ3) is 3.26. The van der Waals surface area contributed by atoms with Crippen LogP contribution in [0.25, 0.3) is 15.3 Å². The molecule has 1 atom stereocenters. The highest BCUT2D eigenvalue weighted by molar-refractivity contribution is 9.10. The van der Waals surface area contributed by atoms with Gasteiger partial charge in [-0.25, -0.2) is 4.98 Å². The average Bonchev–Trinajstić information content (AvgIpc) is 3.24. The lowest BCUT2D eigenvalue weighted by Gasteiger charge is -2.24. The molecule has 1 unspecified atom stereocenters. The van der Waals surface area contributed by atoms with Gasteiger partial charge in [-0.2, -0.15) is 9.78 Å². The Kier molecular flexibility index (Phi) is 4.66. The number of halogens is 3. The lowest BCUT2D eigenvalue weighted by molar-refractivity contribution is -0.116. The van der Waals surface area contributed by atoms with Crippen molar-refractivity contribution >= 4 is 72.4 Å². The summed E-state index contributed by atoms with van der Waals surface area (Å²) in [5.41, 5.74) is 3.64. The highest BCUT2D eigenvalue weighted by atomic mass is 79.9. The van der Waals surface area contributed by atoms with Crippen molar-refractivity contribution in [2.24, 2.45) is 0 Å². The second-order valence-corrected chi connectivity index (χ2v) is 9.59. The Bertz CT molecular complexity index is 1300. The van der Waals surface area contributed by atoms with E-state index in [9.17, 15) is 4.79 Å². The van der Waals surface area contributed by atoms with Crippen LogP contribution in [0.1, 0.15) is 29.2 Å². The van der Waals surface area contributed by atoms with E-state index in [1.165, 1.54) is 11.3 Å². The Hall–Kier alpha value is -1.93. The lowest BCUT2D eigenvalue weighted by atomic mass is 9.86. The molecular formula is C20H13BrCl2N4OS. The lowest BCUT2D eigenvalue weighted by Crippen LogP contribution is -2.24. The third-order valence-corrected chi connectivity index (χ3v) is 7.19. The molecule has 1 aliphatic heterocycles. The summed E-state index contributed by atoms with van der Waals surface area (Å²) >= 11 is 17.3. The van der Waals surface area contributed by atoms with E-state index in [0.29, 0.717) is 27.4 Å². The highest BCUT2D eigenvalue weighted by Crippen LogP contribution is 2.42. The van der Waals surface area contributed by atoms with Crippen molar-refractivity contribution in [3.63, 3.8) is 0 Å². The van der Waals surface area contributed by atoms with Gasteiger partial charge in [0.1, 0.15) is 5.82 Å². The largest absolute Gasteiger partial charge is 0.310 e. The van der Waals surface area contributed by atoms with Gasteiger partial charge in [0.25, 0.3) is 0 Å². The number of fused-ring (bicyclic) bond motifs is 2. The third-order valence-electron chi connectivity index (χ3n) is 4.97. The summed E-state index contributed by atoms with van der Waals surface area (Å²) in [6.45, 7) is 1.95. The summed E-state index contributed by atoms with van der Waals surface area (Å²) in [6, 6.07) is 11.4. The summed E-state index contributed by atoms with van der Waals surface area (Å²) in [5.74, 6) is 0.442. The molecule has 0 spiro atoms. The van der Waals surface area contributed by atoms with Crippen molar-refractivity contribution < 1.29 is 4.79 Å². The number of aryl methyl sites for hydroxylation is 1. The molecule has 5 rings (SSSR count). The number of benzene rings is 2. The minimum absolute atomic E-state index is 0.0708. The molecule has 0 radical (unpaired) electrons. The Morgan fingerprint density at radius 2 is 2.03 bits per heavy atom. The number of hydrogen-bond acceptors (Lipinski definition) is 4. The Balaban J connectivity index is 1.67. The van der Waals surface area contributed by atoms with Crippen LogP contribution in [-0.4, -0.2) is 20.7 Å². The van der Waals surface area contributed by atoms with E-state index < -0.39 is 0 Å². The second kappa shape index (κ2) is 7.09. The zero-order valence-electron chi connectivity index (χ0n) is 15.0. The molecule has 1 aliphatic rings. The molecule has 2 aromatic heterocycles. The zero-order chi connectivity index (χ0) is 20.3. The molecule has 1 N–H and O–H groups in total. The maximum absolute atomic E-state index is 12.5. The summed E-state index contributed by atoms with van der Waals surface area (Å²) in [7, 11) is 0. The molecule has 3 heterocycles. The van der Waals surface area contributed by atoms with Gasteiger partial charge in [0.15, 0.2) is 0 Å². The van der Waals surface area contributed by atoms with E-state index in [0.717, 1.165) is 31.5 Å². The molecule has 4 aromatic rings. The van der Waals surface area contributed by atoms with Gasteiger partial charge in [-0.05, 0) is 42.8 Å². The number of carbonyl (C=O) groups is 1. The molecule has 0 saturated heterocycles. The first kappa shape index (κ1) is 19.1. The normalized spacial score (nSPS) is 16.1. The number of anilines is 1. The molecule has 146 valence electrons. The first-order valence-electron chi connectivity index (χ1n) is 8.81. The van der Waals surface area contributed by atoms with Crippen LogP contribution in [0.2, 0.25) is 10.0 Å². The second-order valence-electron chi connectivity index (χ2n) is 6.85. The fourth-order valence-electron chi connectivity index (χ4n) is 3.68. The van der Waals surface area contributed by atoms with Gasteiger partial charge in [0, 0.05) is 22.4 Å². The summed E-state index contributed by atoms with van der Waals surface area (Å²) in [6.07, 6.45) is 0.324. The fourth-order valence-corrected chi connectivity index (χ4v) is 5.46. The Morgan fingerprint density at radius 3 is 2.83 bits per heavy atom. The van der Waals surface area contributed by atoms with E-state index in [2.05, 4.69) is 21.2 Å². The quantitative estimate of drug-likeness (QED) is 0.344. The number of amides is 1. The van der Waals surface area contributed by atoms with Crippen LogP contribution < -0.4 is 5.32 Å². The first-order valence-corrected chi connectivity index (χ1v) is 11.2. The molecule has 29 heavy (non-hydrogen) atoms. The minimum Gasteiger partial charge on any atom is -0.310 e. The number of nitrogens with one attached hydrogen (secondary N) is 1. The van der Waals surface area contributed by atoms with Crippen LogP contribution in [-0.2, 0) is 4.79 Å². The molecule has 9 heteroatoms. The molecule has 0 aliphatic carbocycles. The van der Waals surface area contributed by atoms with Gasteiger partial charge in [-0.1, -0.05) is 56.5 Å². The standard InChI is InChI=1S/C20H13BrCl2N4OS/c1-9-18-12(10-2-4-13(22)14(23)6-10)8-17(28)25-19(18)27(26-9)20-24-15-5-3-11(21)7-16(15)29-20/h2-7,12H,8H2,1H3,(H,25,28). The maximum Gasteiger partial charge on any atom is 0.226 e. The van der Waals surface area contributed by atoms with Crippen LogP contribution >= 0.6 is 50.5 Å². The Morgan fingerprint density at radius 1 is 1.21 bits per heavy atom. The van der Waals surface area contributed by atoms with Crippen LogP contribution in [0.4, 0.5) is 5.82 Å². The average molecular weight is 508 g/mol. The van der Waals surface area contributed by atoms with Crippen molar-refractivity contribution in [3.05, 3.63) is 67.7 Å². The molecule has 0 bridgehead atoms. The van der Waals surface area contributed by atoms with E-state index >= 15 is 0 Å². The molecular weight excluding hydrogens is 495 g/mol. The van der Waals surface area contributed by atoms with Crippen molar-refractivity contribution in [3.8, 4) is 5.13 Å². The van der Waals surface area contributed by atoms with Gasteiger partial charge in [0.05, 0.1) is 26.0 Å². The topological polar surface area (TPSA) is 59.8 Å². The Labute approximate surface area is 188 Å². The molecule has 2 aromatic carbocycles. The number of thiazole rings is 1. The van der Waals surface area contributed by atoms with E-state index in [4.69, 9.17) is 33.3 Å². The maximum atomic E-state index is 12.5. The van der Waals surface area contributed by atoms with Crippen LogP contribution in [0, 0.1) is 6.92 Å². The van der Waals surface area contributed by atoms with Crippen LogP contribution in [0.3, 0.4) is 0 Å². The highest BCUT2D eigenvalue weighted by Gasteiger charge is 2.33. The van der Waals surface area contributed by atoms with E-state index in [1.807, 2.05) is 37.3 Å². The monoisotopic (exact) mass is 506 g/mol. The predicted molar refractivity (Wildman–Crippen MR) is 121 cm³/mol. The fraction of sp³-hybridized carbons (Fsp3) is 0.150. The number of rotatable bonds is 2. The molecule has 1 amide bonds.